The van der Waals surface area contributed by atoms with Crippen LogP contribution in [0, 0.1) is 0 Å². The van der Waals surface area contributed by atoms with Crippen molar-refractivity contribution in [3.8, 4) is 11.5 Å². The summed E-state index contributed by atoms with van der Waals surface area (Å²) in [5.74, 6) is 0.534. The minimum absolute atomic E-state index is 0.154. The molecule has 178 valence electrons. The number of methoxy groups -OCH3 is 1. The summed E-state index contributed by atoms with van der Waals surface area (Å²) in [5, 5.41) is 12.3. The van der Waals surface area contributed by atoms with Gasteiger partial charge in [-0.2, -0.15) is 0 Å². The maximum Gasteiger partial charge on any atom is 0.334 e. The molecule has 0 bridgehead atoms. The van der Waals surface area contributed by atoms with Gasteiger partial charge in [0.25, 0.3) is 0 Å². The minimum Gasteiger partial charge on any atom is -0.497 e. The first kappa shape index (κ1) is 24.8. The van der Waals surface area contributed by atoms with Crippen molar-refractivity contribution < 1.29 is 24.2 Å². The predicted octanol–water partition coefficient (Wildman–Crippen LogP) is 3.46. The number of nitrogens with zero attached hydrogens (tertiary/aromatic N) is 1. The van der Waals surface area contributed by atoms with Crippen molar-refractivity contribution >= 4 is 12.0 Å². The van der Waals surface area contributed by atoms with E-state index in [4.69, 9.17) is 9.47 Å². The second kappa shape index (κ2) is 13.0. The van der Waals surface area contributed by atoms with Crippen molar-refractivity contribution in [2.75, 3.05) is 26.8 Å². The lowest BCUT2D eigenvalue weighted by Crippen LogP contribution is -2.51. The lowest BCUT2D eigenvalue weighted by Gasteiger charge is -2.25. The molecule has 0 spiro atoms. The number of carbonyl (C=O) groups is 2. The van der Waals surface area contributed by atoms with Gasteiger partial charge < -0.3 is 24.8 Å². The highest BCUT2D eigenvalue weighted by atomic mass is 16.5. The number of aliphatic hydroxyl groups is 1. The molecule has 0 aromatic heterocycles. The molecule has 3 rings (SSSR count). The molecule has 2 amide bonds. The molecule has 2 N–H and O–H groups in total. The topological polar surface area (TPSA) is 88.1 Å². The third-order valence-corrected chi connectivity index (χ3v) is 5.31. The van der Waals surface area contributed by atoms with Crippen LogP contribution >= 0.6 is 0 Å². The first-order valence-corrected chi connectivity index (χ1v) is 11.2. The molecule has 0 saturated carbocycles. The number of aliphatic hydroxyl groups excluding tert-OH is 1. The van der Waals surface area contributed by atoms with Gasteiger partial charge in [0, 0.05) is 19.5 Å². The fraction of sp³-hybridized carbons (Fsp3) is 0.259. The monoisotopic (exact) mass is 462 g/mol. The Hall–Kier alpha value is -3.84. The molecule has 0 saturated heterocycles. The van der Waals surface area contributed by atoms with E-state index in [0.29, 0.717) is 24.5 Å². The summed E-state index contributed by atoms with van der Waals surface area (Å²) in [5.41, 5.74) is 1.92. The summed E-state index contributed by atoms with van der Waals surface area (Å²) >= 11 is 0. The van der Waals surface area contributed by atoms with E-state index >= 15 is 0 Å². The van der Waals surface area contributed by atoms with Crippen molar-refractivity contribution in [1.29, 1.82) is 0 Å². The summed E-state index contributed by atoms with van der Waals surface area (Å²) in [6.45, 7) is 0.376. The van der Waals surface area contributed by atoms with Gasteiger partial charge >= 0.3 is 12.0 Å². The van der Waals surface area contributed by atoms with Gasteiger partial charge in [0.2, 0.25) is 0 Å². The van der Waals surface area contributed by atoms with Crippen LogP contribution in [0.5, 0.6) is 11.5 Å². The smallest absolute Gasteiger partial charge is 0.334 e. The van der Waals surface area contributed by atoms with E-state index in [9.17, 15) is 14.7 Å². The highest BCUT2D eigenvalue weighted by molar-refractivity contribution is 5.85. The molecule has 0 aliphatic carbocycles. The lowest BCUT2D eigenvalue weighted by molar-refractivity contribution is -0.136. The Bertz CT molecular complexity index is 1030. The van der Waals surface area contributed by atoms with Crippen LogP contribution in [0.25, 0.3) is 0 Å². The molecule has 34 heavy (non-hydrogen) atoms. The summed E-state index contributed by atoms with van der Waals surface area (Å²) in [6, 6.07) is 24.4. The average Bonchev–Trinajstić information content (AvgIpc) is 2.87. The number of benzene rings is 3. The fourth-order valence-corrected chi connectivity index (χ4v) is 3.45. The number of esters is 1. The number of ether oxygens (including phenoxy) is 2. The zero-order valence-corrected chi connectivity index (χ0v) is 19.2. The second-order valence-electron chi connectivity index (χ2n) is 7.73. The van der Waals surface area contributed by atoms with Crippen LogP contribution in [-0.2, 0) is 17.6 Å². The van der Waals surface area contributed by atoms with E-state index in [2.05, 4.69) is 5.32 Å². The molecule has 0 aliphatic heterocycles. The summed E-state index contributed by atoms with van der Waals surface area (Å²) in [4.78, 5) is 27.6. The molecule has 0 fully saturated rings. The Labute approximate surface area is 199 Å². The first-order chi connectivity index (χ1) is 16.6. The number of para-hydroxylation sites is 1. The number of carbonyl (C=O) groups excluding carboxylic acids is 2. The molecular formula is C27H30N2O5. The Morgan fingerprint density at radius 2 is 1.50 bits per heavy atom. The molecule has 0 radical (unpaired) electrons. The SMILES string of the molecule is COc1ccc(C[C@H](NC(=O)N(CCO)CCc2ccccc2)C(=O)Oc2ccccc2)cc1. The number of rotatable bonds is 11. The van der Waals surface area contributed by atoms with Gasteiger partial charge in [0.15, 0.2) is 0 Å². The van der Waals surface area contributed by atoms with Gasteiger partial charge in [-0.1, -0.05) is 60.7 Å². The minimum atomic E-state index is -0.918. The Balaban J connectivity index is 1.72. The molecular weight excluding hydrogens is 432 g/mol. The Morgan fingerprint density at radius 3 is 2.12 bits per heavy atom. The predicted molar refractivity (Wildman–Crippen MR) is 130 cm³/mol. The summed E-state index contributed by atoms with van der Waals surface area (Å²) in [6.07, 6.45) is 0.874. The van der Waals surface area contributed by atoms with E-state index in [-0.39, 0.29) is 19.6 Å². The van der Waals surface area contributed by atoms with E-state index in [1.807, 2.05) is 48.5 Å². The van der Waals surface area contributed by atoms with Crippen LogP contribution in [0.1, 0.15) is 11.1 Å². The van der Waals surface area contributed by atoms with Gasteiger partial charge in [0.05, 0.1) is 13.7 Å². The number of nitrogens with one attached hydrogen (secondary N) is 1. The molecule has 7 heteroatoms. The van der Waals surface area contributed by atoms with Crippen molar-refractivity contribution in [1.82, 2.24) is 10.2 Å². The number of amides is 2. The van der Waals surface area contributed by atoms with E-state index < -0.39 is 18.0 Å². The highest BCUT2D eigenvalue weighted by Crippen LogP contribution is 2.15. The third-order valence-electron chi connectivity index (χ3n) is 5.31. The van der Waals surface area contributed by atoms with Crippen LogP contribution in [-0.4, -0.2) is 54.9 Å². The van der Waals surface area contributed by atoms with Crippen LogP contribution in [0.4, 0.5) is 4.79 Å². The van der Waals surface area contributed by atoms with E-state index in [0.717, 1.165) is 11.1 Å². The summed E-state index contributed by atoms with van der Waals surface area (Å²) < 4.78 is 10.7. The van der Waals surface area contributed by atoms with Gasteiger partial charge in [-0.05, 0) is 41.8 Å². The maximum absolute atomic E-state index is 13.1. The molecule has 0 aliphatic rings. The van der Waals surface area contributed by atoms with Crippen molar-refractivity contribution in [2.24, 2.45) is 0 Å². The number of hydrogen-bond donors (Lipinski definition) is 2. The molecule has 3 aromatic carbocycles. The zero-order valence-electron chi connectivity index (χ0n) is 19.2. The molecule has 0 heterocycles. The Kier molecular flexibility index (Phi) is 9.49. The maximum atomic E-state index is 13.1. The van der Waals surface area contributed by atoms with Crippen molar-refractivity contribution in [3.05, 3.63) is 96.1 Å². The molecule has 3 aromatic rings. The van der Waals surface area contributed by atoms with Gasteiger partial charge in [-0.15, -0.1) is 0 Å². The molecule has 1 atom stereocenters. The standard InChI is InChI=1S/C27H30N2O5/c1-33-23-14-12-22(13-15-23)20-25(26(31)34-24-10-6-3-7-11-24)28-27(32)29(18-19-30)17-16-21-8-4-2-5-9-21/h2-15,25,30H,16-20H2,1H3,(H,28,32)/t25-/m0/s1. The first-order valence-electron chi connectivity index (χ1n) is 11.2. The molecule has 7 nitrogen and oxygen atoms in total. The average molecular weight is 463 g/mol. The number of hydrogen-bond acceptors (Lipinski definition) is 5. The highest BCUT2D eigenvalue weighted by Gasteiger charge is 2.26. The van der Waals surface area contributed by atoms with Crippen molar-refractivity contribution in [3.63, 3.8) is 0 Å². The van der Waals surface area contributed by atoms with Crippen LogP contribution in [0.3, 0.4) is 0 Å². The van der Waals surface area contributed by atoms with Crippen molar-refractivity contribution in [2.45, 2.75) is 18.9 Å². The van der Waals surface area contributed by atoms with Gasteiger partial charge in [-0.25, -0.2) is 9.59 Å². The zero-order chi connectivity index (χ0) is 24.2. The van der Waals surface area contributed by atoms with Gasteiger partial charge in [-0.3, -0.25) is 0 Å². The molecule has 0 unspecified atom stereocenters. The van der Waals surface area contributed by atoms with Gasteiger partial charge in [0.1, 0.15) is 17.5 Å². The fourth-order valence-electron chi connectivity index (χ4n) is 3.45. The third kappa shape index (κ3) is 7.64. The lowest BCUT2D eigenvalue weighted by atomic mass is 10.1. The number of urea groups is 1. The largest absolute Gasteiger partial charge is 0.497 e. The Morgan fingerprint density at radius 1 is 0.853 bits per heavy atom. The van der Waals surface area contributed by atoms with Crippen LogP contribution in [0.15, 0.2) is 84.9 Å². The van der Waals surface area contributed by atoms with E-state index in [1.165, 1.54) is 4.90 Å². The second-order valence-corrected chi connectivity index (χ2v) is 7.73. The normalized spacial score (nSPS) is 11.4. The summed E-state index contributed by atoms with van der Waals surface area (Å²) in [7, 11) is 1.58. The quantitative estimate of drug-likeness (QED) is 0.337. The van der Waals surface area contributed by atoms with E-state index in [1.54, 1.807) is 43.5 Å². The van der Waals surface area contributed by atoms with Crippen LogP contribution in [0.2, 0.25) is 0 Å². The van der Waals surface area contributed by atoms with Crippen LogP contribution < -0.4 is 14.8 Å².